The van der Waals surface area contributed by atoms with Crippen LogP contribution >= 0.6 is 0 Å². The Kier molecular flexibility index (Phi) is 4.58. The van der Waals surface area contributed by atoms with E-state index in [0.29, 0.717) is 0 Å². The second-order valence-electron chi connectivity index (χ2n) is 5.46. The smallest absolute Gasteiger partial charge is 0.242 e. The van der Waals surface area contributed by atoms with Crippen molar-refractivity contribution in [2.75, 3.05) is 6.54 Å². The van der Waals surface area contributed by atoms with Gasteiger partial charge in [-0.15, -0.1) is 0 Å². The summed E-state index contributed by atoms with van der Waals surface area (Å²) in [6, 6.07) is -0.0918. The Morgan fingerprint density at radius 2 is 1.89 bits per heavy atom. The van der Waals surface area contributed by atoms with Crippen molar-refractivity contribution in [1.82, 2.24) is 10.6 Å². The lowest BCUT2D eigenvalue weighted by Gasteiger charge is -2.26. The molecule has 0 aromatic rings. The van der Waals surface area contributed by atoms with Crippen LogP contribution in [0.3, 0.4) is 0 Å². The van der Waals surface area contributed by atoms with Crippen LogP contribution in [0.5, 0.6) is 0 Å². The summed E-state index contributed by atoms with van der Waals surface area (Å²) in [4.78, 5) is 23.8. The second kappa shape index (κ2) is 6.18. The Balaban J connectivity index is 1.84. The van der Waals surface area contributed by atoms with Crippen LogP contribution in [0.25, 0.3) is 0 Å². The van der Waals surface area contributed by atoms with Gasteiger partial charge in [0.2, 0.25) is 11.8 Å². The van der Waals surface area contributed by atoms with Crippen molar-refractivity contribution in [3.63, 3.8) is 0 Å². The minimum Gasteiger partial charge on any atom is -0.354 e. The lowest BCUT2D eigenvalue weighted by molar-refractivity contribution is -0.131. The van der Waals surface area contributed by atoms with E-state index in [9.17, 15) is 9.59 Å². The molecule has 5 nitrogen and oxygen atoms in total. The molecule has 2 aliphatic rings. The standard InChI is InChI=1S/C13H23N3O2/c14-10-6-4-9(5-7-10)12(17)16-11-3-1-2-8-15-13(11)18/h9-11H,1-8,14H2,(H,15,18)(H,16,17). The Morgan fingerprint density at radius 1 is 1.17 bits per heavy atom. The van der Waals surface area contributed by atoms with E-state index in [1.165, 1.54) is 0 Å². The minimum atomic E-state index is -0.337. The highest BCUT2D eigenvalue weighted by Gasteiger charge is 2.28. The molecule has 1 aliphatic carbocycles. The van der Waals surface area contributed by atoms with Crippen molar-refractivity contribution >= 4 is 11.8 Å². The van der Waals surface area contributed by atoms with Gasteiger partial charge < -0.3 is 16.4 Å². The Bertz CT molecular complexity index is 311. The van der Waals surface area contributed by atoms with E-state index in [4.69, 9.17) is 5.73 Å². The van der Waals surface area contributed by atoms with Crippen molar-refractivity contribution in [1.29, 1.82) is 0 Å². The zero-order valence-electron chi connectivity index (χ0n) is 10.8. The van der Waals surface area contributed by atoms with Crippen molar-refractivity contribution in [2.45, 2.75) is 57.0 Å². The number of rotatable bonds is 2. The van der Waals surface area contributed by atoms with Crippen molar-refractivity contribution in [2.24, 2.45) is 11.7 Å². The molecule has 2 fully saturated rings. The van der Waals surface area contributed by atoms with Crippen LogP contribution in [0, 0.1) is 5.92 Å². The van der Waals surface area contributed by atoms with E-state index >= 15 is 0 Å². The summed E-state index contributed by atoms with van der Waals surface area (Å²) >= 11 is 0. The molecule has 5 heteroatoms. The molecule has 2 rings (SSSR count). The fourth-order valence-corrected chi connectivity index (χ4v) is 2.75. The van der Waals surface area contributed by atoms with Gasteiger partial charge in [-0.3, -0.25) is 9.59 Å². The molecule has 18 heavy (non-hydrogen) atoms. The number of nitrogens with two attached hydrogens (primary N) is 1. The van der Waals surface area contributed by atoms with Gasteiger partial charge >= 0.3 is 0 Å². The highest BCUT2D eigenvalue weighted by atomic mass is 16.2. The first-order valence-corrected chi connectivity index (χ1v) is 7.00. The Labute approximate surface area is 108 Å². The average Bonchev–Trinajstić information content (AvgIpc) is 2.56. The van der Waals surface area contributed by atoms with Gasteiger partial charge in [0.1, 0.15) is 6.04 Å². The van der Waals surface area contributed by atoms with Crippen LogP contribution in [0.2, 0.25) is 0 Å². The van der Waals surface area contributed by atoms with E-state index < -0.39 is 0 Å². The van der Waals surface area contributed by atoms with Crippen molar-refractivity contribution < 1.29 is 9.59 Å². The van der Waals surface area contributed by atoms with Gasteiger partial charge in [-0.05, 0) is 44.9 Å². The molecule has 0 spiro atoms. The van der Waals surface area contributed by atoms with E-state index in [1.807, 2.05) is 0 Å². The maximum Gasteiger partial charge on any atom is 0.242 e. The van der Waals surface area contributed by atoms with Crippen LogP contribution in [-0.2, 0) is 9.59 Å². The van der Waals surface area contributed by atoms with Crippen LogP contribution in [0.1, 0.15) is 44.9 Å². The molecule has 1 heterocycles. The fourth-order valence-electron chi connectivity index (χ4n) is 2.75. The second-order valence-corrected chi connectivity index (χ2v) is 5.46. The van der Waals surface area contributed by atoms with Gasteiger partial charge in [-0.25, -0.2) is 0 Å². The third-order valence-electron chi connectivity index (χ3n) is 3.99. The fraction of sp³-hybridized carbons (Fsp3) is 0.846. The zero-order valence-corrected chi connectivity index (χ0v) is 10.8. The summed E-state index contributed by atoms with van der Waals surface area (Å²) in [5.74, 6) is 0.0400. The predicted molar refractivity (Wildman–Crippen MR) is 68.7 cm³/mol. The molecule has 4 N–H and O–H groups in total. The molecule has 2 amide bonds. The first-order chi connectivity index (χ1) is 8.66. The van der Waals surface area contributed by atoms with Crippen LogP contribution in [0.4, 0.5) is 0 Å². The maximum absolute atomic E-state index is 12.1. The largest absolute Gasteiger partial charge is 0.354 e. The third-order valence-corrected chi connectivity index (χ3v) is 3.99. The summed E-state index contributed by atoms with van der Waals surface area (Å²) < 4.78 is 0. The molecule has 0 radical (unpaired) electrons. The van der Waals surface area contributed by atoms with Gasteiger partial charge in [0.15, 0.2) is 0 Å². The molecule has 0 aromatic carbocycles. The summed E-state index contributed by atoms with van der Waals surface area (Å²) in [6.45, 7) is 0.726. The molecule has 1 saturated heterocycles. The van der Waals surface area contributed by atoms with E-state index in [1.54, 1.807) is 0 Å². The highest BCUT2D eigenvalue weighted by Crippen LogP contribution is 2.23. The number of carbonyl (C=O) groups excluding carboxylic acids is 2. The normalized spacial score (nSPS) is 33.4. The Morgan fingerprint density at radius 3 is 2.61 bits per heavy atom. The van der Waals surface area contributed by atoms with E-state index in [-0.39, 0.29) is 29.8 Å². The van der Waals surface area contributed by atoms with Gasteiger partial charge in [0.25, 0.3) is 0 Å². The van der Waals surface area contributed by atoms with Crippen molar-refractivity contribution in [3.8, 4) is 0 Å². The van der Waals surface area contributed by atoms with Crippen LogP contribution in [0.15, 0.2) is 0 Å². The highest BCUT2D eigenvalue weighted by molar-refractivity contribution is 5.88. The zero-order chi connectivity index (χ0) is 13.0. The molecule has 1 saturated carbocycles. The maximum atomic E-state index is 12.1. The third kappa shape index (κ3) is 3.45. The minimum absolute atomic E-state index is 0.0314. The molecular weight excluding hydrogens is 230 g/mol. The summed E-state index contributed by atoms with van der Waals surface area (Å²) in [7, 11) is 0. The SMILES string of the molecule is NC1CCC(C(=O)NC2CCCCNC2=O)CC1. The molecule has 1 aliphatic heterocycles. The van der Waals surface area contributed by atoms with Crippen LogP contribution < -0.4 is 16.4 Å². The predicted octanol–water partition coefficient (Wildman–Crippen LogP) is 0.289. The van der Waals surface area contributed by atoms with E-state index in [2.05, 4.69) is 10.6 Å². The quantitative estimate of drug-likeness (QED) is 0.661. The van der Waals surface area contributed by atoms with E-state index in [0.717, 1.165) is 51.5 Å². The Hall–Kier alpha value is -1.10. The number of nitrogens with one attached hydrogen (secondary N) is 2. The lowest BCUT2D eigenvalue weighted by Crippen LogP contribution is -2.48. The molecule has 1 unspecified atom stereocenters. The average molecular weight is 253 g/mol. The topological polar surface area (TPSA) is 84.2 Å². The molecule has 0 aromatic heterocycles. The first-order valence-electron chi connectivity index (χ1n) is 7.00. The molecule has 1 atom stereocenters. The molecule has 0 bridgehead atoms. The van der Waals surface area contributed by atoms with Gasteiger partial charge in [0, 0.05) is 18.5 Å². The number of hydrogen-bond acceptors (Lipinski definition) is 3. The number of amides is 2. The van der Waals surface area contributed by atoms with Crippen LogP contribution in [-0.4, -0.2) is 30.4 Å². The van der Waals surface area contributed by atoms with Crippen molar-refractivity contribution in [3.05, 3.63) is 0 Å². The molecule has 102 valence electrons. The summed E-state index contributed by atoms with van der Waals surface area (Å²) in [5.41, 5.74) is 5.83. The number of hydrogen-bond donors (Lipinski definition) is 3. The van der Waals surface area contributed by atoms with Gasteiger partial charge in [-0.1, -0.05) is 0 Å². The van der Waals surface area contributed by atoms with Gasteiger partial charge in [-0.2, -0.15) is 0 Å². The monoisotopic (exact) mass is 253 g/mol. The summed E-state index contributed by atoms with van der Waals surface area (Å²) in [6.07, 6.45) is 6.26. The lowest BCUT2D eigenvalue weighted by atomic mass is 9.85. The van der Waals surface area contributed by atoms with Gasteiger partial charge in [0.05, 0.1) is 0 Å². The summed E-state index contributed by atoms with van der Waals surface area (Å²) in [5, 5.41) is 5.74. The first kappa shape index (κ1) is 13.3. The molecular formula is C13H23N3O2. The number of carbonyl (C=O) groups is 2.